The average Bonchev–Trinajstić information content (AvgIpc) is 3.46. The molecular formula is C30H25N3O2S. The monoisotopic (exact) mass is 491 g/mol. The SMILES string of the molecule is Cc1ccc(S(=O)(=O)n2c3ccccc3c3ccc(Cc4cncn4Cc4ccccc4)cc32)cc1. The topological polar surface area (TPSA) is 56.9 Å². The lowest BCUT2D eigenvalue weighted by atomic mass is 10.1. The van der Waals surface area contributed by atoms with Crippen LogP contribution < -0.4 is 0 Å². The Balaban J connectivity index is 1.46. The van der Waals surface area contributed by atoms with Gasteiger partial charge in [0.05, 0.1) is 22.3 Å². The summed E-state index contributed by atoms with van der Waals surface area (Å²) in [7, 11) is -3.79. The van der Waals surface area contributed by atoms with Crippen LogP contribution in [0.3, 0.4) is 0 Å². The van der Waals surface area contributed by atoms with Crippen LogP contribution in [0.4, 0.5) is 0 Å². The van der Waals surface area contributed by atoms with E-state index in [1.54, 1.807) is 12.1 Å². The smallest absolute Gasteiger partial charge is 0.268 e. The van der Waals surface area contributed by atoms with Gasteiger partial charge in [-0.2, -0.15) is 0 Å². The molecule has 0 fully saturated rings. The average molecular weight is 492 g/mol. The zero-order chi connectivity index (χ0) is 24.7. The first-order chi connectivity index (χ1) is 17.5. The fourth-order valence-electron chi connectivity index (χ4n) is 4.79. The molecular weight excluding hydrogens is 466 g/mol. The van der Waals surface area contributed by atoms with Gasteiger partial charge in [0, 0.05) is 35.6 Å². The number of aromatic nitrogens is 3. The third-order valence-corrected chi connectivity index (χ3v) is 8.37. The Hall–Kier alpha value is -4.16. The van der Waals surface area contributed by atoms with Crippen LogP contribution in [0.15, 0.2) is 114 Å². The van der Waals surface area contributed by atoms with E-state index in [4.69, 9.17) is 0 Å². The van der Waals surface area contributed by atoms with Gasteiger partial charge < -0.3 is 4.57 Å². The molecule has 0 saturated heterocycles. The largest absolute Gasteiger partial charge is 0.330 e. The maximum absolute atomic E-state index is 13.9. The Morgan fingerprint density at radius 3 is 2.28 bits per heavy atom. The third-order valence-electron chi connectivity index (χ3n) is 6.63. The van der Waals surface area contributed by atoms with Crippen LogP contribution in [0.5, 0.6) is 0 Å². The van der Waals surface area contributed by atoms with E-state index in [-0.39, 0.29) is 4.90 Å². The minimum absolute atomic E-state index is 0.280. The Bertz CT molecular complexity index is 1800. The number of benzene rings is 4. The molecule has 5 nitrogen and oxygen atoms in total. The molecule has 6 aromatic rings. The molecule has 0 spiro atoms. The second-order valence-corrected chi connectivity index (χ2v) is 10.9. The molecule has 0 bridgehead atoms. The number of para-hydroxylation sites is 1. The molecule has 0 aliphatic heterocycles. The van der Waals surface area contributed by atoms with E-state index < -0.39 is 10.0 Å². The molecule has 2 heterocycles. The van der Waals surface area contributed by atoms with Crippen molar-refractivity contribution in [1.82, 2.24) is 13.5 Å². The maximum Gasteiger partial charge on any atom is 0.268 e. The Kier molecular flexibility index (Phi) is 5.46. The minimum Gasteiger partial charge on any atom is -0.330 e. The van der Waals surface area contributed by atoms with Crippen molar-refractivity contribution >= 4 is 31.8 Å². The van der Waals surface area contributed by atoms with E-state index in [0.29, 0.717) is 17.5 Å². The van der Waals surface area contributed by atoms with Crippen LogP contribution in [-0.4, -0.2) is 21.9 Å². The van der Waals surface area contributed by atoms with Crippen LogP contribution >= 0.6 is 0 Å². The lowest BCUT2D eigenvalue weighted by molar-refractivity contribution is 0.590. The summed E-state index contributed by atoms with van der Waals surface area (Å²) in [4.78, 5) is 4.66. The summed E-state index contributed by atoms with van der Waals surface area (Å²) in [5.74, 6) is 0. The lowest BCUT2D eigenvalue weighted by Crippen LogP contribution is -2.13. The number of hydrogen-bond donors (Lipinski definition) is 0. The number of aryl methyl sites for hydroxylation is 1. The van der Waals surface area contributed by atoms with Gasteiger partial charge in [-0.25, -0.2) is 17.4 Å². The highest BCUT2D eigenvalue weighted by molar-refractivity contribution is 7.90. The Morgan fingerprint density at radius 2 is 1.47 bits per heavy atom. The van der Waals surface area contributed by atoms with Gasteiger partial charge in [-0.15, -0.1) is 0 Å². The van der Waals surface area contributed by atoms with Gasteiger partial charge in [0.1, 0.15) is 0 Å². The molecule has 0 atom stereocenters. The summed E-state index contributed by atoms with van der Waals surface area (Å²) in [6.45, 7) is 2.69. The molecule has 178 valence electrons. The van der Waals surface area contributed by atoms with Crippen LogP contribution in [0, 0.1) is 6.92 Å². The van der Waals surface area contributed by atoms with Crippen molar-refractivity contribution in [3.8, 4) is 0 Å². The van der Waals surface area contributed by atoms with Gasteiger partial charge in [0.25, 0.3) is 10.0 Å². The standard InChI is InChI=1S/C30H25N3O2S/c1-22-11-14-26(15-12-22)36(34,35)33-29-10-6-5-9-27(29)28-16-13-24(18-30(28)33)17-25-19-31-21-32(25)20-23-7-3-2-4-8-23/h2-16,18-19,21H,17,20H2,1H3. The molecule has 2 aromatic heterocycles. The Morgan fingerprint density at radius 1 is 0.750 bits per heavy atom. The number of fused-ring (bicyclic) bond motifs is 3. The summed E-state index contributed by atoms with van der Waals surface area (Å²) < 4.78 is 31.4. The summed E-state index contributed by atoms with van der Waals surface area (Å²) in [6.07, 6.45) is 4.38. The van der Waals surface area contributed by atoms with Crippen molar-refractivity contribution in [2.75, 3.05) is 0 Å². The first-order valence-electron chi connectivity index (χ1n) is 11.9. The first kappa shape index (κ1) is 22.3. The fourth-order valence-corrected chi connectivity index (χ4v) is 6.31. The van der Waals surface area contributed by atoms with Gasteiger partial charge in [0.2, 0.25) is 0 Å². The molecule has 0 aliphatic rings. The second-order valence-electron chi connectivity index (χ2n) is 9.13. The highest BCUT2D eigenvalue weighted by Crippen LogP contribution is 2.33. The quantitative estimate of drug-likeness (QED) is 0.280. The van der Waals surface area contributed by atoms with Crippen LogP contribution in [0.25, 0.3) is 21.8 Å². The fraction of sp³-hybridized carbons (Fsp3) is 0.100. The molecule has 6 rings (SSSR count). The van der Waals surface area contributed by atoms with E-state index in [1.807, 2.05) is 86.2 Å². The van der Waals surface area contributed by atoms with E-state index in [9.17, 15) is 8.42 Å². The van der Waals surface area contributed by atoms with Gasteiger partial charge in [-0.05, 0) is 42.3 Å². The second kappa shape index (κ2) is 8.81. The maximum atomic E-state index is 13.9. The number of hydrogen-bond acceptors (Lipinski definition) is 3. The summed E-state index contributed by atoms with van der Waals surface area (Å²) in [5, 5.41) is 1.84. The molecule has 0 amide bonds. The van der Waals surface area contributed by atoms with Crippen molar-refractivity contribution in [2.45, 2.75) is 24.8 Å². The lowest BCUT2D eigenvalue weighted by Gasteiger charge is -2.11. The van der Waals surface area contributed by atoms with Crippen molar-refractivity contribution in [1.29, 1.82) is 0 Å². The van der Waals surface area contributed by atoms with Crippen molar-refractivity contribution < 1.29 is 8.42 Å². The van der Waals surface area contributed by atoms with Crippen molar-refractivity contribution in [3.05, 3.63) is 132 Å². The minimum atomic E-state index is -3.79. The van der Waals surface area contributed by atoms with E-state index in [0.717, 1.165) is 34.1 Å². The van der Waals surface area contributed by atoms with Crippen molar-refractivity contribution in [3.63, 3.8) is 0 Å². The molecule has 36 heavy (non-hydrogen) atoms. The van der Waals surface area contributed by atoms with E-state index in [2.05, 4.69) is 27.8 Å². The van der Waals surface area contributed by atoms with E-state index in [1.165, 1.54) is 9.54 Å². The van der Waals surface area contributed by atoms with Gasteiger partial charge >= 0.3 is 0 Å². The predicted octanol–water partition coefficient (Wildman–Crippen LogP) is 6.18. The highest BCUT2D eigenvalue weighted by Gasteiger charge is 2.23. The number of rotatable bonds is 6. The zero-order valence-corrected chi connectivity index (χ0v) is 20.7. The van der Waals surface area contributed by atoms with Gasteiger partial charge in [0.15, 0.2) is 0 Å². The van der Waals surface area contributed by atoms with Crippen molar-refractivity contribution in [2.24, 2.45) is 0 Å². The summed E-state index contributed by atoms with van der Waals surface area (Å²) in [5.41, 5.74) is 5.69. The van der Waals surface area contributed by atoms with Crippen LogP contribution in [0.1, 0.15) is 22.4 Å². The normalized spacial score (nSPS) is 11.9. The molecule has 0 radical (unpaired) electrons. The first-order valence-corrected chi connectivity index (χ1v) is 13.3. The van der Waals surface area contributed by atoms with E-state index >= 15 is 0 Å². The number of nitrogens with zero attached hydrogens (tertiary/aromatic N) is 3. The molecule has 0 aliphatic carbocycles. The molecule has 0 N–H and O–H groups in total. The third kappa shape index (κ3) is 3.89. The Labute approximate surface area is 210 Å². The van der Waals surface area contributed by atoms with Gasteiger partial charge in [-0.1, -0.05) is 78.4 Å². The molecule has 0 unspecified atom stereocenters. The zero-order valence-electron chi connectivity index (χ0n) is 19.9. The number of imidazole rings is 1. The van der Waals surface area contributed by atoms with Crippen LogP contribution in [-0.2, 0) is 23.0 Å². The molecule has 0 saturated carbocycles. The molecule has 4 aromatic carbocycles. The molecule has 6 heteroatoms. The predicted molar refractivity (Wildman–Crippen MR) is 144 cm³/mol. The van der Waals surface area contributed by atoms with Gasteiger partial charge in [-0.3, -0.25) is 0 Å². The summed E-state index contributed by atoms with van der Waals surface area (Å²) in [6, 6.07) is 31.1. The van der Waals surface area contributed by atoms with Crippen LogP contribution in [0.2, 0.25) is 0 Å². The highest BCUT2D eigenvalue weighted by atomic mass is 32.2. The summed E-state index contributed by atoms with van der Waals surface area (Å²) >= 11 is 0.